The first-order valence-corrected chi connectivity index (χ1v) is 12.0. The van der Waals surface area contributed by atoms with E-state index in [0.29, 0.717) is 17.8 Å². The zero-order chi connectivity index (χ0) is 23.7. The molecule has 6 nitrogen and oxygen atoms in total. The van der Waals surface area contributed by atoms with E-state index in [4.69, 9.17) is 4.74 Å². The van der Waals surface area contributed by atoms with Crippen molar-refractivity contribution in [2.75, 3.05) is 19.5 Å². The van der Waals surface area contributed by atoms with Crippen LogP contribution in [0.4, 0.5) is 5.69 Å². The van der Waals surface area contributed by atoms with E-state index < -0.39 is 6.10 Å². The summed E-state index contributed by atoms with van der Waals surface area (Å²) in [5.41, 5.74) is 6.96. The summed E-state index contributed by atoms with van der Waals surface area (Å²) in [6, 6.07) is 11.2. The van der Waals surface area contributed by atoms with Crippen molar-refractivity contribution >= 4 is 11.4 Å². The van der Waals surface area contributed by atoms with Crippen molar-refractivity contribution < 1.29 is 14.9 Å². The Kier molecular flexibility index (Phi) is 6.86. The van der Waals surface area contributed by atoms with Crippen molar-refractivity contribution in [1.82, 2.24) is 10.6 Å². The Morgan fingerprint density at radius 2 is 1.76 bits per heavy atom. The highest BCUT2D eigenvalue weighted by molar-refractivity contribution is 5.86. The van der Waals surface area contributed by atoms with E-state index in [-0.39, 0.29) is 11.8 Å². The average molecular weight is 452 g/mol. The van der Waals surface area contributed by atoms with Crippen molar-refractivity contribution in [2.45, 2.75) is 70.7 Å². The lowest BCUT2D eigenvalue weighted by Gasteiger charge is -2.36. The van der Waals surface area contributed by atoms with Crippen molar-refractivity contribution in [3.8, 4) is 22.6 Å². The predicted octanol–water partition coefficient (Wildman–Crippen LogP) is 4.40. The molecule has 0 radical (unpaired) electrons. The van der Waals surface area contributed by atoms with Crippen LogP contribution in [-0.2, 0) is 0 Å². The summed E-state index contributed by atoms with van der Waals surface area (Å²) < 4.78 is 5.38. The van der Waals surface area contributed by atoms with Crippen molar-refractivity contribution in [1.29, 1.82) is 0 Å². The van der Waals surface area contributed by atoms with E-state index in [1.54, 1.807) is 7.11 Å². The Morgan fingerprint density at radius 3 is 2.39 bits per heavy atom. The number of rotatable bonds is 6. The van der Waals surface area contributed by atoms with Crippen LogP contribution in [0.15, 0.2) is 35.9 Å². The van der Waals surface area contributed by atoms with E-state index in [0.717, 1.165) is 64.9 Å². The topological polar surface area (TPSA) is 85.8 Å². The lowest BCUT2D eigenvalue weighted by molar-refractivity contribution is 0.225. The van der Waals surface area contributed by atoms with Gasteiger partial charge in [-0.05, 0) is 94.5 Å². The number of aliphatic hydroxyl groups excluding tert-OH is 1. The number of ether oxygens (including phenoxy) is 1. The number of phenols is 1. The maximum absolute atomic E-state index is 10.7. The van der Waals surface area contributed by atoms with Crippen LogP contribution in [0.3, 0.4) is 0 Å². The van der Waals surface area contributed by atoms with Gasteiger partial charge in [0, 0.05) is 40.6 Å². The first kappa shape index (κ1) is 23.5. The lowest BCUT2D eigenvalue weighted by Crippen LogP contribution is -2.41. The van der Waals surface area contributed by atoms with Gasteiger partial charge in [0.05, 0.1) is 13.2 Å². The molecule has 0 bridgehead atoms. The summed E-state index contributed by atoms with van der Waals surface area (Å²) in [5, 5.41) is 31.7. The van der Waals surface area contributed by atoms with Gasteiger partial charge in [0.25, 0.3) is 0 Å². The number of hydrogen-bond acceptors (Lipinski definition) is 6. The number of aliphatic hydroxyl groups is 1. The molecule has 5 N–H and O–H groups in total. The molecular weight excluding hydrogens is 414 g/mol. The average Bonchev–Trinajstić information content (AvgIpc) is 2.80. The van der Waals surface area contributed by atoms with E-state index in [1.165, 1.54) is 0 Å². The fourth-order valence-electron chi connectivity index (χ4n) is 5.27. The molecule has 0 saturated heterocycles. The van der Waals surface area contributed by atoms with Gasteiger partial charge < -0.3 is 30.9 Å². The molecule has 1 aliphatic carbocycles. The molecule has 178 valence electrons. The second-order valence-electron chi connectivity index (χ2n) is 9.46. The van der Waals surface area contributed by atoms with Crippen molar-refractivity contribution in [3.63, 3.8) is 0 Å². The number of aryl methyl sites for hydroxylation is 1. The maximum Gasteiger partial charge on any atom is 0.161 e. The van der Waals surface area contributed by atoms with Gasteiger partial charge in [-0.1, -0.05) is 6.07 Å². The summed E-state index contributed by atoms with van der Waals surface area (Å²) in [5.74, 6) is 0.639. The highest BCUT2D eigenvalue weighted by Gasteiger charge is 2.30. The number of aromatic hydroxyl groups is 1. The van der Waals surface area contributed by atoms with E-state index >= 15 is 0 Å². The molecule has 1 aliphatic heterocycles. The highest BCUT2D eigenvalue weighted by atomic mass is 16.5. The molecule has 2 atom stereocenters. The summed E-state index contributed by atoms with van der Waals surface area (Å²) in [7, 11) is 3.61. The van der Waals surface area contributed by atoms with Gasteiger partial charge in [-0.25, -0.2) is 0 Å². The van der Waals surface area contributed by atoms with Crippen LogP contribution in [0.1, 0.15) is 50.7 Å². The van der Waals surface area contributed by atoms with Crippen LogP contribution >= 0.6 is 0 Å². The number of benzene rings is 2. The molecule has 33 heavy (non-hydrogen) atoms. The minimum atomic E-state index is -0.559. The number of fused-ring (bicyclic) bond motifs is 1. The second-order valence-corrected chi connectivity index (χ2v) is 9.46. The minimum absolute atomic E-state index is 0.0375. The fraction of sp³-hybridized carbons (Fsp3) is 0.481. The van der Waals surface area contributed by atoms with Crippen LogP contribution < -0.4 is 20.7 Å². The Bertz CT molecular complexity index is 1040. The van der Waals surface area contributed by atoms with Gasteiger partial charge in [-0.15, -0.1) is 0 Å². The maximum atomic E-state index is 10.7. The van der Waals surface area contributed by atoms with E-state index in [1.807, 2.05) is 33.0 Å². The second kappa shape index (κ2) is 9.65. The van der Waals surface area contributed by atoms with Gasteiger partial charge in [-0.3, -0.25) is 0 Å². The molecule has 0 aromatic heterocycles. The normalized spacial score (nSPS) is 23.5. The smallest absolute Gasteiger partial charge is 0.161 e. The molecule has 0 amide bonds. The molecule has 1 heterocycles. The standard InChI is InChI=1S/C27H37N3O3/c1-15-12-19(14-24(33-5)27(15)32)18-6-11-23-22(13-18)26(25(17(3)31)16(2)29-23)30-21-9-7-20(28-4)8-10-21/h6,11-14,16-17,20-21,28-32H,7-10H2,1-5H3. The van der Waals surface area contributed by atoms with Crippen LogP contribution in [0.2, 0.25) is 0 Å². The molecule has 1 fully saturated rings. The summed E-state index contributed by atoms with van der Waals surface area (Å²) in [6.07, 6.45) is 3.95. The zero-order valence-corrected chi connectivity index (χ0v) is 20.3. The molecule has 4 rings (SSSR count). The van der Waals surface area contributed by atoms with Crippen LogP contribution in [0.25, 0.3) is 16.8 Å². The Balaban J connectivity index is 1.75. The predicted molar refractivity (Wildman–Crippen MR) is 135 cm³/mol. The number of phenolic OH excluding ortho intramolecular Hbond substituents is 1. The van der Waals surface area contributed by atoms with Gasteiger partial charge in [0.1, 0.15) is 0 Å². The quantitative estimate of drug-likeness (QED) is 0.448. The zero-order valence-electron chi connectivity index (χ0n) is 20.3. The first-order valence-electron chi connectivity index (χ1n) is 12.0. The Morgan fingerprint density at radius 1 is 1.06 bits per heavy atom. The third kappa shape index (κ3) is 4.68. The molecule has 2 aromatic carbocycles. The van der Waals surface area contributed by atoms with Crippen LogP contribution in [0, 0.1) is 6.92 Å². The monoisotopic (exact) mass is 451 g/mol. The molecule has 1 saturated carbocycles. The van der Waals surface area contributed by atoms with Crippen molar-refractivity contribution in [3.05, 3.63) is 47.0 Å². The molecule has 0 spiro atoms. The third-order valence-electron chi connectivity index (χ3n) is 7.17. The highest BCUT2D eigenvalue weighted by Crippen LogP contribution is 2.40. The third-order valence-corrected chi connectivity index (χ3v) is 7.17. The Labute approximate surface area is 197 Å². The molecule has 2 aromatic rings. The van der Waals surface area contributed by atoms with Crippen LogP contribution in [0.5, 0.6) is 11.5 Å². The Hall–Kier alpha value is -2.70. The lowest BCUT2D eigenvalue weighted by atomic mass is 9.87. The first-order chi connectivity index (χ1) is 15.8. The summed E-state index contributed by atoms with van der Waals surface area (Å²) >= 11 is 0. The number of anilines is 1. The summed E-state index contributed by atoms with van der Waals surface area (Å²) in [6.45, 7) is 5.83. The molecule has 2 aliphatic rings. The molecule has 2 unspecified atom stereocenters. The van der Waals surface area contributed by atoms with Gasteiger partial charge in [-0.2, -0.15) is 0 Å². The van der Waals surface area contributed by atoms with Crippen molar-refractivity contribution in [2.24, 2.45) is 0 Å². The molecular formula is C27H37N3O3. The molecule has 6 heteroatoms. The number of methoxy groups -OCH3 is 1. The number of hydrogen-bond donors (Lipinski definition) is 5. The summed E-state index contributed by atoms with van der Waals surface area (Å²) in [4.78, 5) is 0. The van der Waals surface area contributed by atoms with Gasteiger partial charge in [0.2, 0.25) is 0 Å². The number of nitrogens with one attached hydrogen (secondary N) is 3. The SMILES string of the molecule is CNC1CCC(NC2=C(C(C)O)C(C)Nc3ccc(-c4cc(C)c(O)c(OC)c4)cc32)CC1. The van der Waals surface area contributed by atoms with Gasteiger partial charge in [0.15, 0.2) is 11.5 Å². The fourth-order valence-corrected chi connectivity index (χ4v) is 5.27. The van der Waals surface area contributed by atoms with Crippen LogP contribution in [-0.4, -0.2) is 48.6 Å². The van der Waals surface area contributed by atoms with E-state index in [2.05, 4.69) is 41.1 Å². The minimum Gasteiger partial charge on any atom is -0.504 e. The van der Waals surface area contributed by atoms with E-state index in [9.17, 15) is 10.2 Å². The largest absolute Gasteiger partial charge is 0.504 e. The van der Waals surface area contributed by atoms with Gasteiger partial charge >= 0.3 is 0 Å².